The Morgan fingerprint density at radius 3 is 2.74 bits per heavy atom. The summed E-state index contributed by atoms with van der Waals surface area (Å²) in [4.78, 5) is 18.1. The minimum absolute atomic E-state index is 0.0376. The number of carbonyl (C=O) groups is 1. The standard InChI is InChI=1S/C22H22F3N5O3S/c1-21(2,32-3)17-8-7-16(34-17)20(31)27-10-18-28-19(29-33-18)15-9-12-13(26)5-4-6-14(12)30(15)11-22(23,24)25/h4-9H,10-11,26H2,1-3H3,(H,27,31). The molecule has 12 heteroatoms. The van der Waals surface area contributed by atoms with Crippen LogP contribution in [-0.4, -0.2) is 33.9 Å². The lowest BCUT2D eigenvalue weighted by Crippen LogP contribution is -2.22. The lowest BCUT2D eigenvalue weighted by molar-refractivity contribution is -0.139. The Kier molecular flexibility index (Phi) is 6.13. The van der Waals surface area contributed by atoms with Crippen molar-refractivity contribution in [2.45, 2.75) is 38.7 Å². The van der Waals surface area contributed by atoms with E-state index in [0.717, 1.165) is 9.44 Å². The van der Waals surface area contributed by atoms with Crippen molar-refractivity contribution >= 4 is 33.8 Å². The number of nitrogens with zero attached hydrogens (tertiary/aromatic N) is 3. The van der Waals surface area contributed by atoms with Crippen LogP contribution in [0.5, 0.6) is 0 Å². The summed E-state index contributed by atoms with van der Waals surface area (Å²) in [5, 5.41) is 6.95. The van der Waals surface area contributed by atoms with E-state index in [1.807, 2.05) is 19.9 Å². The predicted molar refractivity (Wildman–Crippen MR) is 121 cm³/mol. The largest absolute Gasteiger partial charge is 0.406 e. The van der Waals surface area contributed by atoms with Gasteiger partial charge in [0.1, 0.15) is 6.54 Å². The average molecular weight is 494 g/mol. The number of alkyl halides is 3. The minimum atomic E-state index is -4.47. The number of nitrogen functional groups attached to an aromatic ring is 1. The SMILES string of the molecule is COC(C)(C)c1ccc(C(=O)NCc2nc(-c3cc4c(N)cccc4n3CC(F)(F)F)no2)s1. The Morgan fingerprint density at radius 1 is 1.26 bits per heavy atom. The normalized spacial score (nSPS) is 12.4. The van der Waals surface area contributed by atoms with Gasteiger partial charge in [-0.2, -0.15) is 18.2 Å². The number of carbonyl (C=O) groups excluding carboxylic acids is 1. The first-order chi connectivity index (χ1) is 16.0. The lowest BCUT2D eigenvalue weighted by Gasteiger charge is -2.20. The van der Waals surface area contributed by atoms with Crippen LogP contribution >= 0.6 is 11.3 Å². The summed E-state index contributed by atoms with van der Waals surface area (Å²) in [6, 6.07) is 9.73. The van der Waals surface area contributed by atoms with Crippen LogP contribution < -0.4 is 11.1 Å². The van der Waals surface area contributed by atoms with Crippen molar-refractivity contribution in [1.29, 1.82) is 0 Å². The second-order valence-electron chi connectivity index (χ2n) is 8.08. The van der Waals surface area contributed by atoms with E-state index in [1.165, 1.54) is 17.4 Å². The minimum Gasteiger partial charge on any atom is -0.398 e. The summed E-state index contributed by atoms with van der Waals surface area (Å²) >= 11 is 1.30. The van der Waals surface area contributed by atoms with Gasteiger partial charge in [-0.25, -0.2) is 0 Å². The molecule has 0 aliphatic rings. The van der Waals surface area contributed by atoms with E-state index in [9.17, 15) is 18.0 Å². The third-order valence-electron chi connectivity index (χ3n) is 5.35. The zero-order valence-corrected chi connectivity index (χ0v) is 19.4. The molecule has 0 atom stereocenters. The number of nitrogens with one attached hydrogen (secondary N) is 1. The second-order valence-corrected chi connectivity index (χ2v) is 9.17. The van der Waals surface area contributed by atoms with Gasteiger partial charge in [-0.1, -0.05) is 11.2 Å². The molecule has 8 nitrogen and oxygen atoms in total. The molecule has 0 fully saturated rings. The van der Waals surface area contributed by atoms with Crippen molar-refractivity contribution in [2.75, 3.05) is 12.8 Å². The molecule has 1 amide bonds. The summed E-state index contributed by atoms with van der Waals surface area (Å²) in [6.45, 7) is 2.46. The van der Waals surface area contributed by atoms with E-state index >= 15 is 0 Å². The zero-order valence-electron chi connectivity index (χ0n) is 18.6. The van der Waals surface area contributed by atoms with E-state index in [4.69, 9.17) is 15.0 Å². The van der Waals surface area contributed by atoms with Crippen LogP contribution in [0.25, 0.3) is 22.4 Å². The Balaban J connectivity index is 1.54. The summed E-state index contributed by atoms with van der Waals surface area (Å²) in [5.41, 5.74) is 6.17. The Labute approximate surface area is 196 Å². The second kappa shape index (κ2) is 8.76. The molecule has 0 unspecified atom stereocenters. The molecule has 3 N–H and O–H groups in total. The highest BCUT2D eigenvalue weighted by Gasteiger charge is 2.31. The Morgan fingerprint density at radius 2 is 2.03 bits per heavy atom. The highest BCUT2D eigenvalue weighted by atomic mass is 32.1. The third kappa shape index (κ3) is 4.77. The number of anilines is 1. The molecule has 0 saturated heterocycles. The van der Waals surface area contributed by atoms with Gasteiger partial charge in [-0.3, -0.25) is 4.79 Å². The van der Waals surface area contributed by atoms with Crippen molar-refractivity contribution in [1.82, 2.24) is 20.0 Å². The number of halogens is 3. The van der Waals surface area contributed by atoms with Crippen LogP contribution in [0.1, 0.15) is 34.3 Å². The molecule has 1 aromatic carbocycles. The fraction of sp³-hybridized carbons (Fsp3) is 0.318. The number of ether oxygens (including phenoxy) is 1. The summed E-state index contributed by atoms with van der Waals surface area (Å²) in [6.07, 6.45) is -4.47. The molecule has 3 heterocycles. The van der Waals surface area contributed by atoms with Gasteiger partial charge >= 0.3 is 6.18 Å². The number of aromatic nitrogens is 3. The van der Waals surface area contributed by atoms with Gasteiger partial charge in [0.2, 0.25) is 11.7 Å². The molecule has 34 heavy (non-hydrogen) atoms. The number of hydrogen-bond donors (Lipinski definition) is 2. The number of fused-ring (bicyclic) bond motifs is 1. The predicted octanol–water partition coefficient (Wildman–Crippen LogP) is 4.71. The maximum atomic E-state index is 13.2. The summed E-state index contributed by atoms with van der Waals surface area (Å²) in [7, 11) is 1.59. The molecule has 0 spiro atoms. The topological polar surface area (TPSA) is 108 Å². The average Bonchev–Trinajstić information content (AvgIpc) is 3.51. The van der Waals surface area contributed by atoms with Gasteiger partial charge in [0.05, 0.1) is 28.2 Å². The van der Waals surface area contributed by atoms with Crippen LogP contribution in [0.2, 0.25) is 0 Å². The third-order valence-corrected chi connectivity index (χ3v) is 6.74. The summed E-state index contributed by atoms with van der Waals surface area (Å²) < 4.78 is 51.4. The van der Waals surface area contributed by atoms with Crippen molar-refractivity contribution in [3.05, 3.63) is 52.0 Å². The maximum Gasteiger partial charge on any atom is 0.406 e. The van der Waals surface area contributed by atoms with Crippen LogP contribution in [-0.2, 0) is 23.4 Å². The highest BCUT2D eigenvalue weighted by molar-refractivity contribution is 7.14. The van der Waals surface area contributed by atoms with E-state index in [0.29, 0.717) is 21.5 Å². The van der Waals surface area contributed by atoms with Crippen molar-refractivity contribution in [2.24, 2.45) is 0 Å². The van der Waals surface area contributed by atoms with Gasteiger partial charge < -0.3 is 24.9 Å². The molecule has 4 rings (SSSR count). The van der Waals surface area contributed by atoms with E-state index in [2.05, 4.69) is 15.5 Å². The van der Waals surface area contributed by atoms with Crippen molar-refractivity contribution in [3.63, 3.8) is 0 Å². The molecule has 3 aromatic heterocycles. The maximum absolute atomic E-state index is 13.2. The number of amides is 1. The first-order valence-corrected chi connectivity index (χ1v) is 11.0. The molecular formula is C22H22F3N5O3S. The van der Waals surface area contributed by atoms with E-state index in [1.54, 1.807) is 31.4 Å². The monoisotopic (exact) mass is 493 g/mol. The first kappa shape index (κ1) is 23.8. The Bertz CT molecular complexity index is 1340. The van der Waals surface area contributed by atoms with Crippen LogP contribution in [0.15, 0.2) is 40.9 Å². The van der Waals surface area contributed by atoms with Crippen molar-refractivity contribution < 1.29 is 27.2 Å². The molecule has 180 valence electrons. The van der Waals surface area contributed by atoms with Gasteiger partial charge in [0, 0.05) is 23.1 Å². The molecule has 4 aromatic rings. The van der Waals surface area contributed by atoms with E-state index < -0.39 is 18.3 Å². The quantitative estimate of drug-likeness (QED) is 0.361. The van der Waals surface area contributed by atoms with Gasteiger partial charge in [-0.15, -0.1) is 11.3 Å². The molecular weight excluding hydrogens is 471 g/mol. The Hall–Kier alpha value is -3.38. The fourth-order valence-corrected chi connectivity index (χ4v) is 4.40. The molecule has 0 radical (unpaired) electrons. The zero-order chi connectivity index (χ0) is 24.7. The van der Waals surface area contributed by atoms with Crippen LogP contribution in [0, 0.1) is 0 Å². The van der Waals surface area contributed by atoms with Crippen molar-refractivity contribution in [3.8, 4) is 11.5 Å². The molecule has 0 saturated carbocycles. The van der Waals surface area contributed by atoms with Crippen LogP contribution in [0.4, 0.5) is 18.9 Å². The number of nitrogens with two attached hydrogens (primary N) is 1. The molecule has 0 bridgehead atoms. The van der Waals surface area contributed by atoms with Gasteiger partial charge in [0.15, 0.2) is 0 Å². The number of rotatable bonds is 7. The smallest absolute Gasteiger partial charge is 0.398 e. The number of benzene rings is 1. The van der Waals surface area contributed by atoms with Crippen LogP contribution in [0.3, 0.4) is 0 Å². The van der Waals surface area contributed by atoms with Gasteiger partial charge in [0.25, 0.3) is 5.91 Å². The number of hydrogen-bond acceptors (Lipinski definition) is 7. The first-order valence-electron chi connectivity index (χ1n) is 10.2. The molecule has 0 aliphatic heterocycles. The number of thiophene rings is 1. The summed E-state index contributed by atoms with van der Waals surface area (Å²) in [5.74, 6) is -0.333. The highest BCUT2D eigenvalue weighted by Crippen LogP contribution is 2.33. The van der Waals surface area contributed by atoms with Gasteiger partial charge in [-0.05, 0) is 44.2 Å². The number of methoxy groups -OCH3 is 1. The van der Waals surface area contributed by atoms with E-state index in [-0.39, 0.29) is 29.9 Å². The fourth-order valence-electron chi connectivity index (χ4n) is 3.40. The lowest BCUT2D eigenvalue weighted by atomic mass is 10.1. The molecule has 0 aliphatic carbocycles.